The van der Waals surface area contributed by atoms with Crippen LogP contribution in [0.3, 0.4) is 0 Å². The van der Waals surface area contributed by atoms with E-state index in [2.05, 4.69) is 140 Å². The van der Waals surface area contributed by atoms with Crippen molar-refractivity contribution in [3.63, 3.8) is 0 Å². The second-order valence-electron chi connectivity index (χ2n) is 10.3. The second kappa shape index (κ2) is 7.20. The highest BCUT2D eigenvalue weighted by Gasteiger charge is 2.53. The molecule has 0 heterocycles. The van der Waals surface area contributed by atoms with Crippen LogP contribution in [0, 0.1) is 0 Å². The maximum Gasteiger partial charge on any atom is 0.0720 e. The van der Waals surface area contributed by atoms with E-state index in [4.69, 9.17) is 0 Å². The highest BCUT2D eigenvalue weighted by Crippen LogP contribution is 2.62. The molecule has 0 amide bonds. The summed E-state index contributed by atoms with van der Waals surface area (Å²) in [5.41, 5.74) is 12.8. The van der Waals surface area contributed by atoms with E-state index in [1.807, 2.05) is 0 Å². The fourth-order valence-corrected chi connectivity index (χ4v) is 6.63. The molecule has 0 radical (unpaired) electrons. The minimum Gasteiger partial charge on any atom is -0.356 e. The summed E-state index contributed by atoms with van der Waals surface area (Å²) in [4.78, 5) is 0. The van der Waals surface area contributed by atoms with Crippen molar-refractivity contribution in [1.29, 1.82) is 0 Å². The van der Waals surface area contributed by atoms with Crippen LogP contribution in [0.4, 0.5) is 11.4 Å². The summed E-state index contributed by atoms with van der Waals surface area (Å²) in [6.45, 7) is 4.74. The Morgan fingerprint density at radius 1 is 0.429 bits per heavy atom. The summed E-state index contributed by atoms with van der Waals surface area (Å²) >= 11 is 0. The fraction of sp³-hybridized carbons (Fsp3) is 0.118. The maximum absolute atomic E-state index is 3.66. The first-order chi connectivity index (χ1) is 17.1. The van der Waals surface area contributed by atoms with Crippen molar-refractivity contribution in [2.45, 2.75) is 24.7 Å². The van der Waals surface area contributed by atoms with Gasteiger partial charge >= 0.3 is 0 Å². The van der Waals surface area contributed by atoms with Gasteiger partial charge in [-0.15, -0.1) is 0 Å². The summed E-state index contributed by atoms with van der Waals surface area (Å²) < 4.78 is 0. The van der Waals surface area contributed by atoms with Gasteiger partial charge in [-0.3, -0.25) is 0 Å². The molecule has 0 saturated carbocycles. The van der Waals surface area contributed by atoms with Crippen molar-refractivity contribution in [3.05, 3.63) is 155 Å². The molecular formula is C34H27N. The van der Waals surface area contributed by atoms with Gasteiger partial charge in [-0.25, -0.2) is 0 Å². The minimum absolute atomic E-state index is 0.102. The normalized spacial score (nSPS) is 15.6. The molecule has 0 saturated heterocycles. The van der Waals surface area contributed by atoms with E-state index in [-0.39, 0.29) is 10.8 Å². The Kier molecular flexibility index (Phi) is 4.17. The Bertz CT molecular complexity index is 1550. The van der Waals surface area contributed by atoms with Crippen LogP contribution in [0.15, 0.2) is 121 Å². The smallest absolute Gasteiger partial charge is 0.0720 e. The minimum atomic E-state index is -0.344. The molecule has 0 aliphatic heterocycles. The first kappa shape index (κ1) is 20.3. The lowest BCUT2D eigenvalue weighted by atomic mass is 9.55. The number of nitrogens with one attached hydrogen (secondary N) is 1. The molecule has 0 aromatic heterocycles. The van der Waals surface area contributed by atoms with Crippen LogP contribution in [0.1, 0.15) is 47.2 Å². The van der Waals surface area contributed by atoms with Crippen molar-refractivity contribution < 1.29 is 0 Å². The molecule has 5 aromatic rings. The summed E-state index contributed by atoms with van der Waals surface area (Å²) in [7, 11) is 0. The van der Waals surface area contributed by atoms with Crippen LogP contribution in [0.5, 0.6) is 0 Å². The number of rotatable bonds is 2. The molecule has 2 aliphatic carbocycles. The zero-order valence-electron chi connectivity index (χ0n) is 20.0. The molecule has 0 bridgehead atoms. The molecule has 1 N–H and O–H groups in total. The third-order valence-corrected chi connectivity index (χ3v) is 8.12. The van der Waals surface area contributed by atoms with Crippen LogP contribution < -0.4 is 5.32 Å². The zero-order valence-corrected chi connectivity index (χ0v) is 20.0. The Balaban J connectivity index is 1.60. The summed E-state index contributed by atoms with van der Waals surface area (Å²) in [5, 5.41) is 3.66. The average molecular weight is 450 g/mol. The van der Waals surface area contributed by atoms with E-state index in [9.17, 15) is 0 Å². The number of hydrogen-bond acceptors (Lipinski definition) is 1. The van der Waals surface area contributed by atoms with E-state index < -0.39 is 0 Å². The Morgan fingerprint density at radius 2 is 0.943 bits per heavy atom. The molecule has 35 heavy (non-hydrogen) atoms. The molecule has 168 valence electrons. The maximum atomic E-state index is 3.66. The van der Waals surface area contributed by atoms with Crippen LogP contribution in [0.2, 0.25) is 0 Å². The van der Waals surface area contributed by atoms with Crippen molar-refractivity contribution in [1.82, 2.24) is 0 Å². The van der Waals surface area contributed by atoms with Crippen molar-refractivity contribution >= 4 is 11.4 Å². The molecule has 1 spiro atoms. The van der Waals surface area contributed by atoms with Crippen molar-refractivity contribution in [3.8, 4) is 11.1 Å². The highest BCUT2D eigenvalue weighted by molar-refractivity contribution is 5.88. The van der Waals surface area contributed by atoms with Crippen LogP contribution in [0.25, 0.3) is 11.1 Å². The van der Waals surface area contributed by atoms with Gasteiger partial charge in [0.2, 0.25) is 0 Å². The first-order valence-corrected chi connectivity index (χ1v) is 12.4. The van der Waals surface area contributed by atoms with Crippen molar-refractivity contribution in [2.75, 3.05) is 5.32 Å². The standard InChI is InChI=1S/C34H27N/c1-33(2)29-18-10-11-19-31(29)34(27-16-8-6-14-25(27)26-15-7-9-17-28(26)34)32-22-24(20-21-30(32)33)35-23-12-4-3-5-13-23/h3-22,35H,1-2H3. The monoisotopic (exact) mass is 449 g/mol. The number of anilines is 2. The lowest BCUT2D eigenvalue weighted by Gasteiger charge is -2.46. The Labute approximate surface area is 207 Å². The molecule has 0 unspecified atom stereocenters. The van der Waals surface area contributed by atoms with Gasteiger partial charge in [-0.1, -0.05) is 111 Å². The SMILES string of the molecule is CC1(C)c2ccccc2C2(c3ccccc3-c3ccccc32)c2cc(Nc3ccccc3)ccc21. The number of benzene rings is 5. The van der Waals surface area contributed by atoms with Gasteiger partial charge in [0.1, 0.15) is 0 Å². The average Bonchev–Trinajstić information content (AvgIpc) is 3.20. The summed E-state index contributed by atoms with van der Waals surface area (Å²) in [5.74, 6) is 0. The molecule has 2 aliphatic rings. The lowest BCUT2D eigenvalue weighted by Crippen LogP contribution is -2.40. The largest absolute Gasteiger partial charge is 0.356 e. The number of para-hydroxylation sites is 1. The third kappa shape index (κ3) is 2.64. The second-order valence-corrected chi connectivity index (χ2v) is 10.3. The summed E-state index contributed by atoms with van der Waals surface area (Å²) in [6.07, 6.45) is 0. The molecule has 1 nitrogen and oxygen atoms in total. The fourth-order valence-electron chi connectivity index (χ4n) is 6.63. The molecular weight excluding hydrogens is 422 g/mol. The Morgan fingerprint density at radius 3 is 1.60 bits per heavy atom. The van der Waals surface area contributed by atoms with E-state index in [1.165, 1.54) is 44.5 Å². The van der Waals surface area contributed by atoms with E-state index in [0.29, 0.717) is 0 Å². The van der Waals surface area contributed by atoms with Crippen LogP contribution >= 0.6 is 0 Å². The van der Waals surface area contributed by atoms with Gasteiger partial charge in [0.25, 0.3) is 0 Å². The third-order valence-electron chi connectivity index (χ3n) is 8.12. The van der Waals surface area contributed by atoms with Gasteiger partial charge < -0.3 is 5.32 Å². The molecule has 1 heteroatoms. The van der Waals surface area contributed by atoms with E-state index >= 15 is 0 Å². The zero-order chi connectivity index (χ0) is 23.6. The number of fused-ring (bicyclic) bond motifs is 9. The topological polar surface area (TPSA) is 12.0 Å². The quantitative estimate of drug-likeness (QED) is 0.280. The van der Waals surface area contributed by atoms with Gasteiger partial charge in [0.15, 0.2) is 0 Å². The molecule has 5 aromatic carbocycles. The highest BCUT2D eigenvalue weighted by atomic mass is 14.9. The van der Waals surface area contributed by atoms with Crippen LogP contribution in [-0.4, -0.2) is 0 Å². The molecule has 0 atom stereocenters. The van der Waals surface area contributed by atoms with E-state index in [0.717, 1.165) is 11.4 Å². The van der Waals surface area contributed by atoms with Gasteiger partial charge in [-0.05, 0) is 68.8 Å². The van der Waals surface area contributed by atoms with Gasteiger partial charge in [0, 0.05) is 16.8 Å². The number of hydrogen-bond donors (Lipinski definition) is 1. The van der Waals surface area contributed by atoms with Crippen molar-refractivity contribution in [2.24, 2.45) is 0 Å². The molecule has 7 rings (SSSR count). The van der Waals surface area contributed by atoms with E-state index in [1.54, 1.807) is 0 Å². The predicted molar refractivity (Wildman–Crippen MR) is 146 cm³/mol. The summed E-state index contributed by atoms with van der Waals surface area (Å²) in [6, 6.07) is 44.5. The molecule has 0 fully saturated rings. The Hall–Kier alpha value is -4.10. The lowest BCUT2D eigenvalue weighted by molar-refractivity contribution is 0.563. The first-order valence-electron chi connectivity index (χ1n) is 12.4. The predicted octanol–water partition coefficient (Wildman–Crippen LogP) is 8.43. The van der Waals surface area contributed by atoms with Gasteiger partial charge in [0.05, 0.1) is 5.41 Å². The van der Waals surface area contributed by atoms with Crippen LogP contribution in [-0.2, 0) is 10.8 Å². The van der Waals surface area contributed by atoms with Gasteiger partial charge in [-0.2, -0.15) is 0 Å².